The molecule has 172 valence electrons. The van der Waals surface area contributed by atoms with Crippen LogP contribution in [0.1, 0.15) is 33.1 Å². The van der Waals surface area contributed by atoms with Crippen LogP contribution in [0.3, 0.4) is 0 Å². The number of nitrogens with zero attached hydrogens (tertiary/aromatic N) is 3. The summed E-state index contributed by atoms with van der Waals surface area (Å²) >= 11 is 0. The summed E-state index contributed by atoms with van der Waals surface area (Å²) in [5, 5.41) is 19.1. The largest absolute Gasteiger partial charge is 0.339 e. The molecule has 8 nitrogen and oxygen atoms in total. The Morgan fingerprint density at radius 2 is 1.57 bits per heavy atom. The van der Waals surface area contributed by atoms with Gasteiger partial charge in [0.05, 0.1) is 16.2 Å². The fourth-order valence-electron chi connectivity index (χ4n) is 4.32. The molecule has 4 aromatic rings. The number of nitro benzene ring substituents is 1. The third kappa shape index (κ3) is 3.80. The van der Waals surface area contributed by atoms with Crippen LogP contribution in [0.4, 0.5) is 11.5 Å². The lowest BCUT2D eigenvalue weighted by Gasteiger charge is -2.29. The number of carbonyl (C=O) groups is 2. The lowest BCUT2D eigenvalue weighted by molar-refractivity contribution is -0.384. The number of anilines is 1. The van der Waals surface area contributed by atoms with Crippen LogP contribution in [0, 0.1) is 17.0 Å². The van der Waals surface area contributed by atoms with Gasteiger partial charge in [0.2, 0.25) is 0 Å². The van der Waals surface area contributed by atoms with Crippen LogP contribution in [-0.4, -0.2) is 27.3 Å². The maximum atomic E-state index is 12.5. The molecule has 1 N–H and O–H groups in total. The molecule has 5 rings (SSSR count). The zero-order chi connectivity index (χ0) is 24.5. The highest BCUT2D eigenvalue weighted by molar-refractivity contribution is 6.00. The van der Waals surface area contributed by atoms with Crippen LogP contribution in [0.5, 0.6) is 0 Å². The fourth-order valence-corrected chi connectivity index (χ4v) is 4.32. The van der Waals surface area contributed by atoms with Crippen molar-refractivity contribution in [2.75, 3.05) is 5.32 Å². The number of carbonyl (C=O) groups excluding carboxylic acids is 2. The van der Waals surface area contributed by atoms with Crippen LogP contribution < -0.4 is 5.32 Å². The molecule has 1 unspecified atom stereocenters. The van der Waals surface area contributed by atoms with Crippen LogP contribution in [0.2, 0.25) is 0 Å². The number of nitrogens with one attached hydrogen (secondary N) is 1. The van der Waals surface area contributed by atoms with Crippen molar-refractivity contribution < 1.29 is 14.5 Å². The first kappa shape index (κ1) is 22.0. The molecule has 0 radical (unpaired) electrons. The highest BCUT2D eigenvalue weighted by Crippen LogP contribution is 2.42. The van der Waals surface area contributed by atoms with Gasteiger partial charge in [-0.3, -0.25) is 19.7 Å². The molecule has 0 saturated heterocycles. The smallest absolute Gasteiger partial charge is 0.269 e. The second-order valence-electron chi connectivity index (χ2n) is 8.23. The molecule has 0 spiro atoms. The maximum absolute atomic E-state index is 12.5. The summed E-state index contributed by atoms with van der Waals surface area (Å²) in [6.45, 7) is 1.98. The predicted octanol–water partition coefficient (Wildman–Crippen LogP) is 5.20. The summed E-state index contributed by atoms with van der Waals surface area (Å²) in [6.07, 6.45) is 1.53. The molecule has 0 saturated carbocycles. The van der Waals surface area contributed by atoms with E-state index in [1.165, 1.54) is 12.1 Å². The van der Waals surface area contributed by atoms with E-state index in [1.54, 1.807) is 16.8 Å². The Hall–Kier alpha value is -4.85. The molecular weight excluding hydrogens is 444 g/mol. The molecule has 1 atom stereocenters. The molecule has 35 heavy (non-hydrogen) atoms. The van der Waals surface area contributed by atoms with E-state index in [-0.39, 0.29) is 5.69 Å². The van der Waals surface area contributed by atoms with Crippen molar-refractivity contribution in [3.05, 3.63) is 117 Å². The first-order chi connectivity index (χ1) is 17.0. The highest BCUT2D eigenvalue weighted by Gasteiger charge is 2.34. The Kier molecular flexibility index (Phi) is 5.54. The molecule has 0 amide bonds. The molecular formula is C27H20N4O4. The van der Waals surface area contributed by atoms with Crippen LogP contribution in [0.15, 0.2) is 84.4 Å². The number of nitro groups is 1. The van der Waals surface area contributed by atoms with Crippen LogP contribution in [-0.2, 0) is 4.79 Å². The third-order valence-corrected chi connectivity index (χ3v) is 6.07. The second-order valence-corrected chi connectivity index (χ2v) is 8.23. The van der Waals surface area contributed by atoms with E-state index in [4.69, 9.17) is 5.10 Å². The first-order valence-corrected chi connectivity index (χ1v) is 10.9. The summed E-state index contributed by atoms with van der Waals surface area (Å²) in [6, 6.07) is 22.5. The Balaban J connectivity index is 1.74. The van der Waals surface area contributed by atoms with Gasteiger partial charge in [-0.15, -0.1) is 0 Å². The SMILES string of the molecule is Cc1ccc(C2=C(C=O)C(c3ccccc3)n3nc(-c4ccc([N+](=O)[O-])cc4)c(C=O)c3N2)cc1. The van der Waals surface area contributed by atoms with E-state index >= 15 is 0 Å². The maximum Gasteiger partial charge on any atom is 0.269 e. The average Bonchev–Trinajstić information content (AvgIpc) is 3.26. The van der Waals surface area contributed by atoms with Gasteiger partial charge in [-0.05, 0) is 30.2 Å². The number of allylic oxidation sites excluding steroid dienone is 1. The highest BCUT2D eigenvalue weighted by atomic mass is 16.6. The lowest BCUT2D eigenvalue weighted by Crippen LogP contribution is -2.25. The number of non-ortho nitro benzene ring substituents is 1. The zero-order valence-corrected chi connectivity index (χ0v) is 18.7. The minimum absolute atomic E-state index is 0.0581. The van der Waals surface area contributed by atoms with E-state index in [0.717, 1.165) is 23.0 Å². The molecule has 8 heteroatoms. The zero-order valence-electron chi connectivity index (χ0n) is 18.7. The number of aryl methyl sites for hydroxylation is 1. The number of rotatable bonds is 6. The monoisotopic (exact) mass is 464 g/mol. The summed E-state index contributed by atoms with van der Waals surface area (Å²) in [7, 11) is 0. The molecule has 0 aliphatic carbocycles. The Bertz CT molecular complexity index is 1470. The number of aldehydes is 2. The molecule has 0 bridgehead atoms. The van der Waals surface area contributed by atoms with E-state index in [0.29, 0.717) is 40.2 Å². The van der Waals surface area contributed by atoms with Gasteiger partial charge < -0.3 is 5.32 Å². The van der Waals surface area contributed by atoms with Gasteiger partial charge in [-0.1, -0.05) is 60.2 Å². The van der Waals surface area contributed by atoms with Gasteiger partial charge in [0.15, 0.2) is 12.6 Å². The number of benzene rings is 3. The second kappa shape index (κ2) is 8.83. The van der Waals surface area contributed by atoms with Crippen LogP contribution >= 0.6 is 0 Å². The summed E-state index contributed by atoms with van der Waals surface area (Å²) in [5.41, 5.74) is 4.95. The van der Waals surface area contributed by atoms with Gasteiger partial charge in [0.25, 0.3) is 5.69 Å². The fraction of sp³-hybridized carbons (Fsp3) is 0.0741. The quantitative estimate of drug-likeness (QED) is 0.239. The Morgan fingerprint density at radius 1 is 0.914 bits per heavy atom. The van der Waals surface area contributed by atoms with Gasteiger partial charge >= 0.3 is 0 Å². The number of fused-ring (bicyclic) bond motifs is 1. The van der Waals surface area contributed by atoms with Crippen molar-refractivity contribution in [3.8, 4) is 11.3 Å². The van der Waals surface area contributed by atoms with E-state index in [9.17, 15) is 19.7 Å². The van der Waals surface area contributed by atoms with Crippen molar-refractivity contribution in [2.45, 2.75) is 13.0 Å². The first-order valence-electron chi connectivity index (χ1n) is 10.9. The normalized spacial score (nSPS) is 14.7. The van der Waals surface area contributed by atoms with Crippen molar-refractivity contribution in [1.82, 2.24) is 9.78 Å². The number of hydrogen-bond acceptors (Lipinski definition) is 6. The van der Waals surface area contributed by atoms with Crippen molar-refractivity contribution in [2.24, 2.45) is 0 Å². The van der Waals surface area contributed by atoms with E-state index in [1.807, 2.05) is 61.5 Å². The van der Waals surface area contributed by atoms with Crippen LogP contribution in [0.25, 0.3) is 17.0 Å². The standard InChI is InChI=1S/C27H20N4O4/c1-17-7-9-18(10-8-17)24-22(15-32)26(20-5-3-2-4-6-20)30-27(28-24)23(16-33)25(29-30)19-11-13-21(14-12-19)31(34)35/h2-16,26,28H,1H3. The Morgan fingerprint density at radius 3 is 2.17 bits per heavy atom. The van der Waals surface area contributed by atoms with E-state index in [2.05, 4.69) is 5.32 Å². The minimum Gasteiger partial charge on any atom is -0.339 e. The molecule has 1 aliphatic rings. The lowest BCUT2D eigenvalue weighted by atomic mass is 9.93. The Labute approximate surface area is 200 Å². The summed E-state index contributed by atoms with van der Waals surface area (Å²) < 4.78 is 1.64. The summed E-state index contributed by atoms with van der Waals surface area (Å²) in [4.78, 5) is 35.4. The minimum atomic E-state index is -0.577. The molecule has 1 aliphatic heterocycles. The third-order valence-electron chi connectivity index (χ3n) is 6.07. The number of aromatic nitrogens is 2. The van der Waals surface area contributed by atoms with Gasteiger partial charge in [0.1, 0.15) is 17.6 Å². The van der Waals surface area contributed by atoms with Gasteiger partial charge in [-0.2, -0.15) is 5.10 Å². The number of hydrogen-bond donors (Lipinski definition) is 1. The van der Waals surface area contributed by atoms with E-state index < -0.39 is 11.0 Å². The molecule has 0 fully saturated rings. The van der Waals surface area contributed by atoms with Crippen molar-refractivity contribution >= 4 is 29.8 Å². The predicted molar refractivity (Wildman–Crippen MR) is 132 cm³/mol. The molecule has 2 heterocycles. The summed E-state index contributed by atoms with van der Waals surface area (Å²) in [5.74, 6) is 0.448. The van der Waals surface area contributed by atoms with Crippen molar-refractivity contribution in [1.29, 1.82) is 0 Å². The van der Waals surface area contributed by atoms with Gasteiger partial charge in [-0.25, -0.2) is 4.68 Å². The average molecular weight is 464 g/mol. The van der Waals surface area contributed by atoms with Crippen molar-refractivity contribution in [3.63, 3.8) is 0 Å². The topological polar surface area (TPSA) is 107 Å². The molecule has 3 aromatic carbocycles. The van der Waals surface area contributed by atoms with Gasteiger partial charge in [0, 0.05) is 23.3 Å². The molecule has 1 aromatic heterocycles.